The molecule has 0 radical (unpaired) electrons. The maximum atomic E-state index is 11.5. The highest BCUT2D eigenvalue weighted by molar-refractivity contribution is 7.99. The highest BCUT2D eigenvalue weighted by atomic mass is 32.2. The third-order valence-corrected chi connectivity index (χ3v) is 3.62. The fourth-order valence-electron chi connectivity index (χ4n) is 1.20. The number of carboxylic acid groups (broad SMARTS) is 1. The molecule has 0 spiro atoms. The number of thioether (sulfide) groups is 1. The van der Waals surface area contributed by atoms with E-state index in [0.717, 1.165) is 11.8 Å². The molecule has 17 heavy (non-hydrogen) atoms. The molecule has 7 heteroatoms. The molecule has 1 aromatic rings. The van der Waals surface area contributed by atoms with Crippen LogP contribution in [0.5, 0.6) is 0 Å². The van der Waals surface area contributed by atoms with Crippen LogP contribution < -0.4 is 5.69 Å². The van der Waals surface area contributed by atoms with Crippen molar-refractivity contribution in [3.05, 3.63) is 10.5 Å². The normalized spacial score (nSPS) is 12.9. The molecule has 0 amide bonds. The predicted octanol–water partition coefficient (Wildman–Crippen LogP) is 1.04. The van der Waals surface area contributed by atoms with Crippen molar-refractivity contribution < 1.29 is 9.90 Å². The van der Waals surface area contributed by atoms with E-state index in [-0.39, 0.29) is 11.4 Å². The molecule has 0 aliphatic carbocycles. The van der Waals surface area contributed by atoms with Gasteiger partial charge in [-0.1, -0.05) is 32.5 Å². The van der Waals surface area contributed by atoms with E-state index in [1.165, 1.54) is 4.57 Å². The van der Waals surface area contributed by atoms with Gasteiger partial charge in [-0.05, 0) is 11.8 Å². The Labute approximate surface area is 103 Å². The second kappa shape index (κ2) is 5.90. The summed E-state index contributed by atoms with van der Waals surface area (Å²) in [4.78, 5) is 22.0. The summed E-state index contributed by atoms with van der Waals surface area (Å²) in [5.74, 6) is -0.238. The Hall–Kier alpha value is -1.24. The van der Waals surface area contributed by atoms with E-state index in [9.17, 15) is 9.59 Å². The van der Waals surface area contributed by atoms with E-state index < -0.39 is 5.97 Å². The lowest BCUT2D eigenvalue weighted by Gasteiger charge is -2.15. The second-order valence-electron chi connectivity index (χ2n) is 4.33. The van der Waals surface area contributed by atoms with Crippen LogP contribution in [-0.2, 0) is 11.3 Å². The summed E-state index contributed by atoms with van der Waals surface area (Å²) in [5.41, 5.74) is -0.287. The highest BCUT2D eigenvalue weighted by Crippen LogP contribution is 2.17. The average molecular weight is 259 g/mol. The minimum Gasteiger partial charge on any atom is -0.481 e. The molecule has 0 aromatic carbocycles. The molecule has 1 atom stereocenters. The summed E-state index contributed by atoms with van der Waals surface area (Å²) >= 11 is 1.05. The summed E-state index contributed by atoms with van der Waals surface area (Å²) in [6, 6.07) is 0. The summed E-state index contributed by atoms with van der Waals surface area (Å²) in [6.45, 7) is 6.77. The van der Waals surface area contributed by atoms with Crippen molar-refractivity contribution in [2.24, 2.45) is 11.8 Å². The van der Waals surface area contributed by atoms with Crippen LogP contribution in [0, 0.1) is 11.8 Å². The zero-order valence-corrected chi connectivity index (χ0v) is 11.0. The van der Waals surface area contributed by atoms with Crippen molar-refractivity contribution >= 4 is 17.7 Å². The van der Waals surface area contributed by atoms with E-state index in [4.69, 9.17) is 5.11 Å². The van der Waals surface area contributed by atoms with Crippen molar-refractivity contribution in [3.8, 4) is 0 Å². The van der Waals surface area contributed by atoms with Gasteiger partial charge in [0.1, 0.15) is 0 Å². The molecule has 0 aliphatic rings. The summed E-state index contributed by atoms with van der Waals surface area (Å²) < 4.78 is 1.50. The van der Waals surface area contributed by atoms with Crippen molar-refractivity contribution in [1.82, 2.24) is 14.8 Å². The Morgan fingerprint density at radius 1 is 1.53 bits per heavy atom. The van der Waals surface area contributed by atoms with Crippen LogP contribution in [0.15, 0.2) is 9.95 Å². The molecular weight excluding hydrogens is 242 g/mol. The molecule has 1 unspecified atom stereocenters. The van der Waals surface area contributed by atoms with E-state index in [1.54, 1.807) is 0 Å². The highest BCUT2D eigenvalue weighted by Gasteiger charge is 2.15. The van der Waals surface area contributed by atoms with Crippen LogP contribution in [0.2, 0.25) is 0 Å². The minimum absolute atomic E-state index is 0.0969. The first kappa shape index (κ1) is 13.8. The maximum Gasteiger partial charge on any atom is 0.343 e. The van der Waals surface area contributed by atoms with Crippen molar-refractivity contribution in [1.29, 1.82) is 0 Å². The average Bonchev–Trinajstić information content (AvgIpc) is 2.57. The number of aromatic nitrogens is 3. The van der Waals surface area contributed by atoms with Crippen molar-refractivity contribution in [3.63, 3.8) is 0 Å². The Morgan fingerprint density at radius 3 is 2.71 bits per heavy atom. The van der Waals surface area contributed by atoms with Crippen molar-refractivity contribution in [2.75, 3.05) is 5.75 Å². The van der Waals surface area contributed by atoms with Gasteiger partial charge in [-0.25, -0.2) is 9.89 Å². The number of aliphatic carboxylic acids is 1. The van der Waals surface area contributed by atoms with Crippen molar-refractivity contribution in [2.45, 2.75) is 32.5 Å². The topological polar surface area (TPSA) is 88.0 Å². The molecule has 0 saturated carbocycles. The quantitative estimate of drug-likeness (QED) is 0.745. The fraction of sp³-hybridized carbons (Fsp3) is 0.700. The number of hydrogen-bond donors (Lipinski definition) is 2. The molecule has 1 heterocycles. The zero-order valence-electron chi connectivity index (χ0n) is 10.1. The Bertz CT molecular complexity index is 438. The van der Waals surface area contributed by atoms with Gasteiger partial charge in [0.15, 0.2) is 5.16 Å². The van der Waals surface area contributed by atoms with Gasteiger partial charge in [0.05, 0.1) is 5.75 Å². The van der Waals surface area contributed by atoms with Crippen LogP contribution in [0.3, 0.4) is 0 Å². The number of H-pyrrole nitrogens is 1. The van der Waals surface area contributed by atoms with Gasteiger partial charge in [-0.2, -0.15) is 0 Å². The lowest BCUT2D eigenvalue weighted by atomic mass is 9.98. The first-order chi connectivity index (χ1) is 7.91. The number of aromatic amines is 1. The van der Waals surface area contributed by atoms with E-state index in [1.807, 2.05) is 0 Å². The molecule has 0 saturated heterocycles. The Kier molecular flexibility index (Phi) is 4.80. The van der Waals surface area contributed by atoms with Crippen LogP contribution in [0.25, 0.3) is 0 Å². The number of hydrogen-bond acceptors (Lipinski definition) is 4. The fourth-order valence-corrected chi connectivity index (χ4v) is 1.88. The summed E-state index contributed by atoms with van der Waals surface area (Å²) in [5, 5.41) is 15.2. The standard InChI is InChI=1S/C10H17N3O3S/c1-6(2)7(3)4-13-9(16)11-12-10(13)17-5-8(14)15/h6-7H,4-5H2,1-3H3,(H,11,16)(H,14,15). The van der Waals surface area contributed by atoms with E-state index in [0.29, 0.717) is 23.5 Å². The smallest absolute Gasteiger partial charge is 0.343 e. The molecule has 1 rings (SSSR count). The number of carbonyl (C=O) groups is 1. The SMILES string of the molecule is CC(C)C(C)Cn1c(SCC(=O)O)n[nH]c1=O. The van der Waals surface area contributed by atoms with Crippen LogP contribution in [-0.4, -0.2) is 31.6 Å². The molecule has 0 aliphatic heterocycles. The van der Waals surface area contributed by atoms with Crippen LogP contribution in [0.4, 0.5) is 0 Å². The minimum atomic E-state index is -0.922. The van der Waals surface area contributed by atoms with Gasteiger partial charge in [-0.3, -0.25) is 9.36 Å². The number of carboxylic acids is 1. The summed E-state index contributed by atoms with van der Waals surface area (Å²) in [7, 11) is 0. The van der Waals surface area contributed by atoms with E-state index >= 15 is 0 Å². The zero-order chi connectivity index (χ0) is 13.0. The first-order valence-electron chi connectivity index (χ1n) is 5.41. The molecule has 6 nitrogen and oxygen atoms in total. The summed E-state index contributed by atoms with van der Waals surface area (Å²) in [6.07, 6.45) is 0. The monoisotopic (exact) mass is 259 g/mol. The number of rotatable bonds is 6. The molecule has 2 N–H and O–H groups in total. The van der Waals surface area contributed by atoms with Crippen LogP contribution >= 0.6 is 11.8 Å². The largest absolute Gasteiger partial charge is 0.481 e. The molecular formula is C10H17N3O3S. The molecule has 1 aromatic heterocycles. The third-order valence-electron chi connectivity index (χ3n) is 2.66. The second-order valence-corrected chi connectivity index (χ2v) is 5.27. The van der Waals surface area contributed by atoms with Gasteiger partial charge < -0.3 is 5.11 Å². The molecule has 0 bridgehead atoms. The van der Waals surface area contributed by atoms with Gasteiger partial charge in [0.2, 0.25) is 0 Å². The first-order valence-corrected chi connectivity index (χ1v) is 6.40. The molecule has 96 valence electrons. The van der Waals surface area contributed by atoms with Gasteiger partial charge >= 0.3 is 11.7 Å². The number of nitrogens with one attached hydrogen (secondary N) is 1. The Morgan fingerprint density at radius 2 is 2.18 bits per heavy atom. The van der Waals surface area contributed by atoms with Gasteiger partial charge in [0, 0.05) is 6.54 Å². The molecule has 0 fully saturated rings. The lowest BCUT2D eigenvalue weighted by molar-refractivity contribution is -0.133. The van der Waals surface area contributed by atoms with Gasteiger partial charge in [0.25, 0.3) is 0 Å². The number of nitrogens with zero attached hydrogens (tertiary/aromatic N) is 2. The van der Waals surface area contributed by atoms with E-state index in [2.05, 4.69) is 31.0 Å². The Balaban J connectivity index is 2.79. The maximum absolute atomic E-state index is 11.5. The lowest BCUT2D eigenvalue weighted by Crippen LogP contribution is -2.23. The van der Waals surface area contributed by atoms with Crippen LogP contribution in [0.1, 0.15) is 20.8 Å². The van der Waals surface area contributed by atoms with Gasteiger partial charge in [-0.15, -0.1) is 5.10 Å². The third kappa shape index (κ3) is 3.92. The predicted molar refractivity (Wildman–Crippen MR) is 65.2 cm³/mol.